The second-order valence-corrected chi connectivity index (χ2v) is 16.7. The molecule has 0 N–H and O–H groups in total. The summed E-state index contributed by atoms with van der Waals surface area (Å²) in [5.74, 6) is 0. The largest absolute Gasteiger partial charge is 0.480 e. The second kappa shape index (κ2) is 7.50. The van der Waals surface area contributed by atoms with Gasteiger partial charge in [0.1, 0.15) is 0 Å². The van der Waals surface area contributed by atoms with Crippen molar-refractivity contribution < 1.29 is 18.1 Å². The third-order valence-electron chi connectivity index (χ3n) is 0.781. The van der Waals surface area contributed by atoms with Crippen LogP contribution >= 0.6 is 103 Å². The van der Waals surface area contributed by atoms with Crippen LogP contribution in [-0.4, -0.2) is 11.3 Å². The Bertz CT molecular complexity index is 264. The molecule has 0 radical (unpaired) electrons. The van der Waals surface area contributed by atoms with Crippen molar-refractivity contribution in [3.05, 3.63) is 12.7 Å². The topological polar surface area (TPSA) is 44.8 Å². The normalized spacial score (nSPS) is 13.9. The van der Waals surface area contributed by atoms with Gasteiger partial charge in [0, 0.05) is 0 Å². The monoisotopic (exact) mass is 634 g/mol. The molecular formula is C5H5Br6O4P. The number of phosphoric acid groups is 1. The van der Waals surface area contributed by atoms with Crippen LogP contribution in [0.25, 0.3) is 0 Å². The molecule has 0 aromatic rings. The van der Waals surface area contributed by atoms with Crippen molar-refractivity contribution in [3.8, 4) is 0 Å². The molecule has 0 saturated carbocycles. The molecule has 4 nitrogen and oxygen atoms in total. The van der Waals surface area contributed by atoms with Crippen molar-refractivity contribution in [1.29, 1.82) is 0 Å². The van der Waals surface area contributed by atoms with E-state index >= 15 is 0 Å². The first kappa shape index (κ1) is 18.7. The highest BCUT2D eigenvalue weighted by atomic mass is 80.0. The molecule has 0 saturated heterocycles. The molecule has 0 spiro atoms. The molecule has 16 heavy (non-hydrogen) atoms. The molecule has 0 heterocycles. The molecule has 0 aliphatic heterocycles. The van der Waals surface area contributed by atoms with Crippen molar-refractivity contribution in [2.45, 2.75) is 4.66 Å². The van der Waals surface area contributed by atoms with E-state index in [9.17, 15) is 4.57 Å². The van der Waals surface area contributed by atoms with Crippen molar-refractivity contribution >= 4 is 103 Å². The van der Waals surface area contributed by atoms with Gasteiger partial charge in [0.15, 0.2) is 0 Å². The van der Waals surface area contributed by atoms with Gasteiger partial charge in [-0.2, -0.15) is 0 Å². The minimum Gasteiger partial charge on any atom is -0.283 e. The van der Waals surface area contributed by atoms with Crippen molar-refractivity contribution in [3.63, 3.8) is 0 Å². The average Bonchev–Trinajstić information content (AvgIpc) is 1.93. The number of hydrogen-bond donors (Lipinski definition) is 0. The van der Waals surface area contributed by atoms with E-state index in [0.717, 1.165) is 0 Å². The fourth-order valence-electron chi connectivity index (χ4n) is 0.469. The fraction of sp³-hybridized carbons (Fsp3) is 0.600. The van der Waals surface area contributed by atoms with E-state index in [1.54, 1.807) is 0 Å². The van der Waals surface area contributed by atoms with Crippen LogP contribution in [0.5, 0.6) is 0 Å². The Kier molecular flexibility index (Phi) is 8.77. The van der Waals surface area contributed by atoms with Gasteiger partial charge in [-0.1, -0.05) is 6.08 Å². The number of hydrogen-bond acceptors (Lipinski definition) is 4. The van der Waals surface area contributed by atoms with Crippen LogP contribution in [0, 0.1) is 0 Å². The number of halogens is 6. The van der Waals surface area contributed by atoms with E-state index in [-0.39, 0.29) is 6.61 Å². The minimum atomic E-state index is -3.83. The Labute approximate surface area is 144 Å². The van der Waals surface area contributed by atoms with Crippen LogP contribution in [0.4, 0.5) is 0 Å². The van der Waals surface area contributed by atoms with Gasteiger partial charge < -0.3 is 0 Å². The molecule has 0 bridgehead atoms. The summed E-state index contributed by atoms with van der Waals surface area (Å²) in [6.07, 6.45) is 1.41. The Morgan fingerprint density at radius 3 is 1.69 bits per heavy atom. The number of phosphoric ester groups is 1. The van der Waals surface area contributed by atoms with E-state index in [0.29, 0.717) is 0 Å². The zero-order valence-corrected chi connectivity index (χ0v) is 17.7. The van der Waals surface area contributed by atoms with Gasteiger partial charge in [0.05, 0.1) is 6.61 Å². The molecule has 0 amide bonds. The summed E-state index contributed by atoms with van der Waals surface area (Å²) in [6, 6.07) is 0. The summed E-state index contributed by atoms with van der Waals surface area (Å²) in [5, 5.41) is 0. The highest BCUT2D eigenvalue weighted by Crippen LogP contribution is 2.62. The lowest BCUT2D eigenvalue weighted by Gasteiger charge is -2.25. The second-order valence-electron chi connectivity index (χ2n) is 2.11. The van der Waals surface area contributed by atoms with Gasteiger partial charge in [-0.05, 0) is 95.6 Å². The van der Waals surface area contributed by atoms with Crippen LogP contribution in [0.3, 0.4) is 0 Å². The summed E-state index contributed by atoms with van der Waals surface area (Å²) in [5.41, 5.74) is 0. The van der Waals surface area contributed by atoms with E-state index < -0.39 is 12.5 Å². The zero-order chi connectivity index (χ0) is 13.0. The summed E-state index contributed by atoms with van der Waals surface area (Å²) < 4.78 is 24.7. The molecule has 0 fully saturated rings. The maximum atomic E-state index is 12.1. The Morgan fingerprint density at radius 1 is 1.06 bits per heavy atom. The Balaban J connectivity index is 4.75. The fourth-order valence-corrected chi connectivity index (χ4v) is 4.60. The Hall–Kier alpha value is 2.73. The maximum absolute atomic E-state index is 12.1. The summed E-state index contributed by atoms with van der Waals surface area (Å²) in [7, 11) is -3.83. The lowest BCUT2D eigenvalue weighted by Crippen LogP contribution is -2.13. The lowest BCUT2D eigenvalue weighted by atomic mass is 10.7. The zero-order valence-electron chi connectivity index (χ0n) is 7.34. The molecule has 0 rings (SSSR count). The third-order valence-corrected chi connectivity index (χ3v) is 4.71. The van der Waals surface area contributed by atoms with Gasteiger partial charge in [-0.25, -0.2) is 13.6 Å². The molecule has 0 atom stereocenters. The molecule has 0 aromatic heterocycles. The van der Waals surface area contributed by atoms with Gasteiger partial charge in [0.2, 0.25) is 4.66 Å². The van der Waals surface area contributed by atoms with E-state index in [1.807, 2.05) is 0 Å². The van der Waals surface area contributed by atoms with Crippen LogP contribution in [0.1, 0.15) is 0 Å². The highest BCUT2D eigenvalue weighted by molar-refractivity contribution is 9.39. The SMILES string of the molecule is C=CCOP(=O)(OC(Br)(Br)Br)OC(Br)(Br)Br. The standard InChI is InChI=1S/C5H5Br6O4P/c1-2-3-13-16(12,14-4(6,7)8)15-5(9,10)11/h2H,1,3H2. The number of rotatable bonds is 5. The lowest BCUT2D eigenvalue weighted by molar-refractivity contribution is 0.136. The van der Waals surface area contributed by atoms with Crippen LogP contribution < -0.4 is 0 Å². The Morgan fingerprint density at radius 2 is 1.44 bits per heavy atom. The van der Waals surface area contributed by atoms with E-state index in [4.69, 9.17) is 13.6 Å². The molecule has 0 aliphatic rings. The predicted molar refractivity (Wildman–Crippen MR) is 84.9 cm³/mol. The van der Waals surface area contributed by atoms with Crippen LogP contribution in [0.15, 0.2) is 12.7 Å². The quantitative estimate of drug-likeness (QED) is 0.213. The van der Waals surface area contributed by atoms with Gasteiger partial charge in [0.25, 0.3) is 0 Å². The summed E-state index contributed by atoms with van der Waals surface area (Å²) in [6.45, 7) is 3.43. The molecule has 11 heteroatoms. The molecular weight excluding hydrogens is 634 g/mol. The van der Waals surface area contributed by atoms with E-state index in [1.165, 1.54) is 6.08 Å². The predicted octanol–water partition coefficient (Wildman–Crippen LogP) is 5.92. The van der Waals surface area contributed by atoms with Gasteiger partial charge >= 0.3 is 7.82 Å². The average molecular weight is 639 g/mol. The third kappa shape index (κ3) is 10.6. The first-order valence-corrected chi connectivity index (χ1v) is 9.60. The molecule has 0 aromatic carbocycles. The summed E-state index contributed by atoms with van der Waals surface area (Å²) >= 11 is 18.1. The van der Waals surface area contributed by atoms with Crippen molar-refractivity contribution in [1.82, 2.24) is 0 Å². The van der Waals surface area contributed by atoms with Crippen LogP contribution in [0.2, 0.25) is 0 Å². The molecule has 96 valence electrons. The van der Waals surface area contributed by atoms with Crippen LogP contribution in [-0.2, 0) is 18.1 Å². The van der Waals surface area contributed by atoms with Gasteiger partial charge in [-0.15, -0.1) is 6.58 Å². The van der Waals surface area contributed by atoms with Crippen molar-refractivity contribution in [2.24, 2.45) is 0 Å². The van der Waals surface area contributed by atoms with Gasteiger partial charge in [-0.3, -0.25) is 4.52 Å². The van der Waals surface area contributed by atoms with E-state index in [2.05, 4.69) is 102 Å². The highest BCUT2D eigenvalue weighted by Gasteiger charge is 2.41. The van der Waals surface area contributed by atoms with Crippen molar-refractivity contribution in [2.75, 3.05) is 6.61 Å². The molecule has 0 aliphatic carbocycles. The smallest absolute Gasteiger partial charge is 0.283 e. The maximum Gasteiger partial charge on any atom is 0.480 e. The number of alkyl halides is 6. The summed E-state index contributed by atoms with van der Waals surface area (Å²) in [4.78, 5) is 0. The first-order chi connectivity index (χ1) is 6.97. The first-order valence-electron chi connectivity index (χ1n) is 3.38. The minimum absolute atomic E-state index is 0.00341. The molecule has 0 unspecified atom stereocenters.